The molecule has 0 atom stereocenters. The van der Waals surface area contributed by atoms with Gasteiger partial charge in [0.1, 0.15) is 0 Å². The third-order valence-corrected chi connectivity index (χ3v) is 0.987. The number of carbonyl (C=O) groups excluding carboxylic acids is 1. The van der Waals surface area contributed by atoms with Gasteiger partial charge in [0.2, 0.25) is 0 Å². The highest BCUT2D eigenvalue weighted by Gasteiger charge is 2.03. The SMILES string of the molecule is CC(C)C(=O)N=S(=O)=O. The first-order valence-electron chi connectivity index (χ1n) is 2.39. The highest BCUT2D eigenvalue weighted by Crippen LogP contribution is 1.93. The Labute approximate surface area is 54.6 Å². The fraction of sp³-hybridized carbons (Fsp3) is 0.750. The molecule has 52 valence electrons. The second-order valence-electron chi connectivity index (χ2n) is 1.80. The molecule has 4 nitrogen and oxygen atoms in total. The maximum absolute atomic E-state index is 10.4. The average molecular weight is 149 g/mol. The van der Waals surface area contributed by atoms with Crippen molar-refractivity contribution in [1.29, 1.82) is 0 Å². The Balaban J connectivity index is 4.28. The first kappa shape index (κ1) is 8.29. The largest absolute Gasteiger partial charge is 0.319 e. The lowest BCUT2D eigenvalue weighted by atomic mass is 10.2. The topological polar surface area (TPSA) is 63.6 Å². The molecular formula is C4H7NO3S. The van der Waals surface area contributed by atoms with Crippen LogP contribution < -0.4 is 0 Å². The van der Waals surface area contributed by atoms with Crippen LogP contribution >= 0.6 is 0 Å². The molecule has 0 N–H and O–H groups in total. The number of rotatable bonds is 1. The minimum absolute atomic E-state index is 0.345. The van der Waals surface area contributed by atoms with Gasteiger partial charge in [0.05, 0.1) is 0 Å². The van der Waals surface area contributed by atoms with E-state index in [4.69, 9.17) is 0 Å². The minimum atomic E-state index is -2.59. The predicted molar refractivity (Wildman–Crippen MR) is 31.2 cm³/mol. The molecule has 0 aliphatic carbocycles. The summed E-state index contributed by atoms with van der Waals surface area (Å²) < 4.78 is 22.2. The van der Waals surface area contributed by atoms with Crippen molar-refractivity contribution in [1.82, 2.24) is 0 Å². The summed E-state index contributed by atoms with van der Waals surface area (Å²) in [5.74, 6) is -0.953. The van der Waals surface area contributed by atoms with Gasteiger partial charge < -0.3 is 0 Å². The fourth-order valence-electron chi connectivity index (χ4n) is 0.179. The molecule has 9 heavy (non-hydrogen) atoms. The van der Waals surface area contributed by atoms with Crippen LogP contribution in [0.1, 0.15) is 13.8 Å². The van der Waals surface area contributed by atoms with Gasteiger partial charge in [-0.3, -0.25) is 4.79 Å². The summed E-state index contributed by atoms with van der Waals surface area (Å²) in [5.41, 5.74) is 0. The third kappa shape index (κ3) is 3.84. The fourth-order valence-corrected chi connectivity index (χ4v) is 0.537. The van der Waals surface area contributed by atoms with Crippen LogP contribution in [0.15, 0.2) is 4.36 Å². The Morgan fingerprint density at radius 1 is 1.44 bits per heavy atom. The number of hydrogen-bond acceptors (Lipinski definition) is 3. The molecule has 0 radical (unpaired) electrons. The average Bonchev–Trinajstić information content (AvgIpc) is 1.63. The summed E-state index contributed by atoms with van der Waals surface area (Å²) in [7, 11) is -2.59. The zero-order chi connectivity index (χ0) is 7.44. The Bertz CT molecular complexity index is 218. The first-order chi connectivity index (χ1) is 4.04. The molecule has 0 heterocycles. The van der Waals surface area contributed by atoms with Gasteiger partial charge in [-0.2, -0.15) is 8.42 Å². The molecule has 0 aromatic heterocycles. The maximum Gasteiger partial charge on any atom is 0.319 e. The monoisotopic (exact) mass is 149 g/mol. The summed E-state index contributed by atoms with van der Waals surface area (Å²) in [6.07, 6.45) is 0. The van der Waals surface area contributed by atoms with Gasteiger partial charge in [0.15, 0.2) is 0 Å². The zero-order valence-electron chi connectivity index (χ0n) is 5.16. The van der Waals surface area contributed by atoms with E-state index in [1.54, 1.807) is 13.8 Å². The van der Waals surface area contributed by atoms with Crippen molar-refractivity contribution in [2.75, 3.05) is 0 Å². The second kappa shape index (κ2) is 3.34. The molecule has 0 saturated carbocycles. The second-order valence-corrected chi connectivity index (χ2v) is 2.42. The van der Waals surface area contributed by atoms with E-state index in [1.165, 1.54) is 0 Å². The van der Waals surface area contributed by atoms with E-state index in [-0.39, 0.29) is 5.92 Å². The number of amides is 1. The number of nitrogens with zero attached hydrogens (tertiary/aromatic N) is 1. The Morgan fingerprint density at radius 3 is 2.00 bits per heavy atom. The highest BCUT2D eigenvalue weighted by molar-refractivity contribution is 7.62. The maximum atomic E-state index is 10.4. The van der Waals surface area contributed by atoms with Gasteiger partial charge in [0, 0.05) is 5.92 Å². The zero-order valence-corrected chi connectivity index (χ0v) is 5.97. The minimum Gasteiger partial charge on any atom is -0.271 e. The molecule has 0 saturated heterocycles. The molecular weight excluding hydrogens is 142 g/mol. The van der Waals surface area contributed by atoms with E-state index >= 15 is 0 Å². The van der Waals surface area contributed by atoms with Crippen molar-refractivity contribution in [3.05, 3.63) is 0 Å². The van der Waals surface area contributed by atoms with Gasteiger partial charge in [-0.15, -0.1) is 0 Å². The van der Waals surface area contributed by atoms with Gasteiger partial charge in [-0.25, -0.2) is 0 Å². The van der Waals surface area contributed by atoms with Gasteiger partial charge >= 0.3 is 10.5 Å². The lowest BCUT2D eigenvalue weighted by Gasteiger charge is -1.89. The standard InChI is InChI=1S/C4H7NO3S/c1-3(2)4(6)5-9(7)8/h3H,1-2H3. The summed E-state index contributed by atoms with van der Waals surface area (Å²) in [6.45, 7) is 3.16. The Hall–Kier alpha value is -0.710. The quantitative estimate of drug-likeness (QED) is 0.536. The van der Waals surface area contributed by atoms with Crippen LogP contribution in [0.25, 0.3) is 0 Å². The molecule has 0 fully saturated rings. The molecule has 0 aliphatic rings. The van der Waals surface area contributed by atoms with Gasteiger partial charge in [0.25, 0.3) is 5.91 Å². The number of carbonyl (C=O) groups is 1. The van der Waals surface area contributed by atoms with Crippen LogP contribution in [0.4, 0.5) is 0 Å². The highest BCUT2D eigenvalue weighted by atomic mass is 32.2. The predicted octanol–water partition coefficient (Wildman–Crippen LogP) is 0.232. The van der Waals surface area contributed by atoms with Crippen molar-refractivity contribution in [2.45, 2.75) is 13.8 Å². The molecule has 0 bridgehead atoms. The lowest BCUT2D eigenvalue weighted by molar-refractivity contribution is -0.120. The summed E-state index contributed by atoms with van der Waals surface area (Å²) in [6, 6.07) is 0. The van der Waals surface area contributed by atoms with Gasteiger partial charge in [-0.1, -0.05) is 18.2 Å². The smallest absolute Gasteiger partial charge is 0.271 e. The van der Waals surface area contributed by atoms with Crippen molar-refractivity contribution < 1.29 is 13.2 Å². The molecule has 0 spiro atoms. The third-order valence-electron chi connectivity index (χ3n) is 0.658. The molecule has 0 aliphatic heterocycles. The number of hydrogen-bond donors (Lipinski definition) is 0. The molecule has 5 heteroatoms. The van der Waals surface area contributed by atoms with E-state index in [0.29, 0.717) is 0 Å². The molecule has 0 unspecified atom stereocenters. The van der Waals surface area contributed by atoms with E-state index in [1.807, 2.05) is 0 Å². The van der Waals surface area contributed by atoms with Crippen LogP contribution in [0.2, 0.25) is 0 Å². The lowest BCUT2D eigenvalue weighted by Crippen LogP contribution is -2.01. The van der Waals surface area contributed by atoms with Crippen molar-refractivity contribution in [2.24, 2.45) is 10.3 Å². The van der Waals surface area contributed by atoms with E-state index in [2.05, 4.69) is 4.36 Å². The van der Waals surface area contributed by atoms with Crippen LogP contribution in [-0.2, 0) is 15.3 Å². The molecule has 0 aromatic carbocycles. The van der Waals surface area contributed by atoms with E-state index in [0.717, 1.165) is 0 Å². The van der Waals surface area contributed by atoms with Crippen LogP contribution in [0.5, 0.6) is 0 Å². The van der Waals surface area contributed by atoms with Crippen LogP contribution in [0.3, 0.4) is 0 Å². The summed E-state index contributed by atoms with van der Waals surface area (Å²) in [5, 5.41) is 0. The summed E-state index contributed by atoms with van der Waals surface area (Å²) in [4.78, 5) is 10.4. The van der Waals surface area contributed by atoms with Gasteiger partial charge in [-0.05, 0) is 0 Å². The van der Waals surface area contributed by atoms with Crippen molar-refractivity contribution in [3.63, 3.8) is 0 Å². The molecule has 0 rings (SSSR count). The summed E-state index contributed by atoms with van der Waals surface area (Å²) >= 11 is 0. The van der Waals surface area contributed by atoms with Crippen LogP contribution in [-0.4, -0.2) is 14.3 Å². The first-order valence-corrected chi connectivity index (χ1v) is 3.42. The van der Waals surface area contributed by atoms with E-state index in [9.17, 15) is 13.2 Å². The normalized spacial score (nSPS) is 9.22. The Morgan fingerprint density at radius 2 is 1.89 bits per heavy atom. The van der Waals surface area contributed by atoms with E-state index < -0.39 is 16.4 Å². The van der Waals surface area contributed by atoms with Crippen molar-refractivity contribution >= 4 is 16.4 Å². The Kier molecular flexibility index (Phi) is 3.08. The molecule has 1 amide bonds. The van der Waals surface area contributed by atoms with Crippen molar-refractivity contribution in [3.8, 4) is 0 Å². The van der Waals surface area contributed by atoms with Crippen LogP contribution in [0, 0.1) is 5.92 Å². The molecule has 0 aromatic rings.